The van der Waals surface area contributed by atoms with Crippen LogP contribution < -0.4 is 4.74 Å². The van der Waals surface area contributed by atoms with Crippen LogP contribution in [0.2, 0.25) is 0 Å². The van der Waals surface area contributed by atoms with Crippen molar-refractivity contribution in [1.29, 1.82) is 0 Å². The largest absolute Gasteiger partial charge is 0.486 e. The van der Waals surface area contributed by atoms with Crippen LogP contribution in [0.3, 0.4) is 0 Å². The van der Waals surface area contributed by atoms with E-state index in [1.807, 2.05) is 59.3 Å². The fourth-order valence-corrected chi connectivity index (χ4v) is 5.41. The molecule has 1 atom stereocenters. The smallest absolute Gasteiger partial charge is 0.303 e. The molecular weight excluding hydrogens is 510 g/mol. The van der Waals surface area contributed by atoms with E-state index in [0.29, 0.717) is 30.0 Å². The van der Waals surface area contributed by atoms with Crippen molar-refractivity contribution in [3.05, 3.63) is 101 Å². The Morgan fingerprint density at radius 3 is 2.29 bits per heavy atom. The van der Waals surface area contributed by atoms with Crippen LogP contribution >= 0.6 is 0 Å². The summed E-state index contributed by atoms with van der Waals surface area (Å²) in [6, 6.07) is 24.1. The molecule has 0 unspecified atom stereocenters. The first-order valence-electron chi connectivity index (χ1n) is 15.1. The van der Waals surface area contributed by atoms with E-state index < -0.39 is 5.97 Å². The van der Waals surface area contributed by atoms with Crippen molar-refractivity contribution in [2.45, 2.75) is 84.8 Å². The highest BCUT2D eigenvalue weighted by Gasteiger charge is 2.18. The van der Waals surface area contributed by atoms with Crippen molar-refractivity contribution in [2.24, 2.45) is 5.92 Å². The lowest BCUT2D eigenvalue weighted by Gasteiger charge is -2.20. The Bertz CT molecular complexity index is 1420. The number of carboxylic acid groups (broad SMARTS) is 1. The highest BCUT2D eigenvalue weighted by atomic mass is 16.5. The van der Waals surface area contributed by atoms with Gasteiger partial charge >= 0.3 is 5.97 Å². The van der Waals surface area contributed by atoms with Crippen molar-refractivity contribution >= 4 is 22.7 Å². The molecule has 0 saturated heterocycles. The third kappa shape index (κ3) is 8.32. The molecule has 3 aromatic carbocycles. The molecule has 0 amide bonds. The Hall–Kier alpha value is -3.86. The highest BCUT2D eigenvalue weighted by molar-refractivity contribution is 6.16. The van der Waals surface area contributed by atoms with Gasteiger partial charge in [-0.2, -0.15) is 0 Å². The molecule has 0 bridgehead atoms. The average Bonchev–Trinajstić information content (AvgIpc) is 3.33. The predicted molar refractivity (Wildman–Crippen MR) is 166 cm³/mol. The van der Waals surface area contributed by atoms with Crippen molar-refractivity contribution < 1.29 is 19.4 Å². The molecule has 0 radical (unpaired) electrons. The van der Waals surface area contributed by atoms with Gasteiger partial charge in [0.2, 0.25) is 0 Å². The Balaban J connectivity index is 1.50. The summed E-state index contributed by atoms with van der Waals surface area (Å²) in [5.41, 5.74) is 4.69. The molecule has 0 fully saturated rings. The number of benzene rings is 3. The van der Waals surface area contributed by atoms with E-state index in [0.717, 1.165) is 35.9 Å². The number of unbranched alkanes of at least 4 members (excludes halogenated alkanes) is 3. The normalized spacial score (nSPS) is 12.1. The standard InChI is InChI=1S/C36H43NO4/c1-4-5-6-7-13-34(28-17-15-27(16-18-28)24-26(2)3)41-30-21-19-29(20-22-30)36(40)32-25-37(23-10-14-35(38)39)33-12-9-8-11-31(32)33/h8-9,11-12,15-22,25-26,34H,4-7,10,13-14,23-24H2,1-3H3,(H,38,39)/t34-/m1/s1. The summed E-state index contributed by atoms with van der Waals surface area (Å²) >= 11 is 0. The lowest BCUT2D eigenvalue weighted by Crippen LogP contribution is -2.09. The molecule has 5 heteroatoms. The minimum Gasteiger partial charge on any atom is -0.486 e. The molecule has 0 aliphatic carbocycles. The molecule has 5 nitrogen and oxygen atoms in total. The van der Waals surface area contributed by atoms with E-state index >= 15 is 0 Å². The van der Waals surface area contributed by atoms with E-state index in [4.69, 9.17) is 9.84 Å². The zero-order chi connectivity index (χ0) is 29.2. The van der Waals surface area contributed by atoms with E-state index in [2.05, 4.69) is 45.0 Å². The Morgan fingerprint density at radius 1 is 0.878 bits per heavy atom. The van der Waals surface area contributed by atoms with Crippen LogP contribution in [0.15, 0.2) is 79.0 Å². The second-order valence-electron chi connectivity index (χ2n) is 11.4. The fraction of sp³-hybridized carbons (Fsp3) is 0.389. The molecule has 0 spiro atoms. The van der Waals surface area contributed by atoms with Gasteiger partial charge in [-0.3, -0.25) is 9.59 Å². The van der Waals surface area contributed by atoms with Gasteiger partial charge in [-0.15, -0.1) is 0 Å². The highest BCUT2D eigenvalue weighted by Crippen LogP contribution is 2.29. The third-order valence-corrected chi connectivity index (χ3v) is 7.53. The van der Waals surface area contributed by atoms with Gasteiger partial charge in [0.15, 0.2) is 5.78 Å². The maximum absolute atomic E-state index is 13.6. The van der Waals surface area contributed by atoms with Gasteiger partial charge in [0.25, 0.3) is 0 Å². The lowest BCUT2D eigenvalue weighted by molar-refractivity contribution is -0.137. The van der Waals surface area contributed by atoms with E-state index in [9.17, 15) is 9.59 Å². The van der Waals surface area contributed by atoms with Gasteiger partial charge in [-0.25, -0.2) is 0 Å². The molecule has 0 aliphatic rings. The van der Waals surface area contributed by atoms with Crippen LogP contribution in [0, 0.1) is 5.92 Å². The van der Waals surface area contributed by atoms with Crippen LogP contribution in [0.25, 0.3) is 10.9 Å². The maximum Gasteiger partial charge on any atom is 0.303 e. The fourth-order valence-electron chi connectivity index (χ4n) is 5.41. The Morgan fingerprint density at radius 2 is 1.61 bits per heavy atom. The zero-order valence-corrected chi connectivity index (χ0v) is 24.6. The number of nitrogens with zero attached hydrogens (tertiary/aromatic N) is 1. The Labute approximate surface area is 244 Å². The van der Waals surface area contributed by atoms with E-state index in [-0.39, 0.29) is 18.3 Å². The molecule has 0 saturated carbocycles. The van der Waals surface area contributed by atoms with Crippen LogP contribution in [-0.4, -0.2) is 21.4 Å². The van der Waals surface area contributed by atoms with Gasteiger partial charge < -0.3 is 14.4 Å². The zero-order valence-electron chi connectivity index (χ0n) is 24.6. The van der Waals surface area contributed by atoms with Gasteiger partial charge in [0, 0.05) is 41.2 Å². The topological polar surface area (TPSA) is 68.5 Å². The quantitative estimate of drug-likeness (QED) is 0.111. The first-order chi connectivity index (χ1) is 19.9. The van der Waals surface area contributed by atoms with Crippen molar-refractivity contribution in [1.82, 2.24) is 4.57 Å². The number of hydrogen-bond donors (Lipinski definition) is 1. The summed E-state index contributed by atoms with van der Waals surface area (Å²) in [4.78, 5) is 24.6. The summed E-state index contributed by atoms with van der Waals surface area (Å²) < 4.78 is 8.50. The number of carbonyl (C=O) groups excluding carboxylic acids is 1. The number of para-hydroxylation sites is 1. The summed E-state index contributed by atoms with van der Waals surface area (Å²) in [7, 11) is 0. The van der Waals surface area contributed by atoms with Crippen LogP contribution in [0.5, 0.6) is 5.75 Å². The second-order valence-corrected chi connectivity index (χ2v) is 11.4. The monoisotopic (exact) mass is 553 g/mol. The van der Waals surface area contributed by atoms with Gasteiger partial charge in [-0.1, -0.05) is 82.5 Å². The van der Waals surface area contributed by atoms with Crippen LogP contribution in [-0.2, 0) is 17.8 Å². The van der Waals surface area contributed by atoms with E-state index in [1.54, 1.807) is 0 Å². The number of ether oxygens (including phenoxy) is 1. The number of carboxylic acids is 1. The lowest BCUT2D eigenvalue weighted by atomic mass is 9.98. The minimum absolute atomic E-state index is 0.0368. The van der Waals surface area contributed by atoms with Gasteiger partial charge in [-0.05, 0) is 73.1 Å². The van der Waals surface area contributed by atoms with Crippen molar-refractivity contribution in [3.8, 4) is 5.75 Å². The molecule has 216 valence electrons. The molecule has 41 heavy (non-hydrogen) atoms. The molecule has 1 aromatic heterocycles. The summed E-state index contributed by atoms with van der Waals surface area (Å²) in [5.74, 6) is 0.508. The number of carbonyl (C=O) groups is 2. The van der Waals surface area contributed by atoms with E-state index in [1.165, 1.54) is 30.4 Å². The number of ketones is 1. The second kappa shape index (κ2) is 14.7. The molecule has 1 N–H and O–H groups in total. The first-order valence-corrected chi connectivity index (χ1v) is 15.1. The van der Waals surface area contributed by atoms with Crippen LogP contribution in [0.1, 0.15) is 98.9 Å². The number of aromatic nitrogens is 1. The number of aryl methyl sites for hydroxylation is 1. The minimum atomic E-state index is -0.814. The van der Waals surface area contributed by atoms with Gasteiger partial charge in [0.05, 0.1) is 0 Å². The first kappa shape index (κ1) is 30.1. The number of fused-ring (bicyclic) bond motifs is 1. The number of hydrogen-bond acceptors (Lipinski definition) is 3. The van der Waals surface area contributed by atoms with Crippen molar-refractivity contribution in [3.63, 3.8) is 0 Å². The molecule has 1 heterocycles. The molecule has 4 aromatic rings. The molecule has 0 aliphatic heterocycles. The third-order valence-electron chi connectivity index (χ3n) is 7.53. The van der Waals surface area contributed by atoms with Crippen LogP contribution in [0.4, 0.5) is 0 Å². The summed E-state index contributed by atoms with van der Waals surface area (Å²) in [6.45, 7) is 7.25. The molecule has 4 rings (SSSR count). The summed E-state index contributed by atoms with van der Waals surface area (Å²) in [5, 5.41) is 9.89. The number of aliphatic carboxylic acids is 1. The van der Waals surface area contributed by atoms with Gasteiger partial charge in [0.1, 0.15) is 11.9 Å². The van der Waals surface area contributed by atoms with Crippen molar-refractivity contribution in [2.75, 3.05) is 0 Å². The molecular formula is C36H43NO4. The number of rotatable bonds is 16. The predicted octanol–water partition coefficient (Wildman–Crippen LogP) is 9.03. The summed E-state index contributed by atoms with van der Waals surface area (Å²) in [6.07, 6.45) is 9.17. The Kier molecular flexibility index (Phi) is 10.8. The average molecular weight is 554 g/mol. The maximum atomic E-state index is 13.6. The SMILES string of the molecule is CCCCCC[C@@H](Oc1ccc(C(=O)c2cn(CCCC(=O)O)c3ccccc23)cc1)c1ccc(CC(C)C)cc1.